The van der Waals surface area contributed by atoms with E-state index in [0.717, 1.165) is 21.9 Å². The van der Waals surface area contributed by atoms with Gasteiger partial charge in [0.2, 0.25) is 0 Å². The molecule has 1 heterocycles. The lowest BCUT2D eigenvalue weighted by molar-refractivity contribution is 0.453. The van der Waals surface area contributed by atoms with Crippen molar-refractivity contribution in [3.05, 3.63) is 54.6 Å². The molecule has 0 spiro atoms. The van der Waals surface area contributed by atoms with Crippen LogP contribution < -0.4 is 4.65 Å². The normalized spacial score (nSPS) is 11.2. The molecule has 3 aromatic carbocycles. The number of benzene rings is 3. The number of rotatable bonds is 2. The Hall–Kier alpha value is -2.46. The standard InChI is InChI=1S/C16H11BO3/c18-17-20-11-6-7-13-15(9-11)19-14-8-5-10-3-1-2-4-12(10)16(13)14/h1-9,17-18H. The maximum Gasteiger partial charge on any atom is 0.504 e. The zero-order valence-electron chi connectivity index (χ0n) is 10.7. The second-order valence-electron chi connectivity index (χ2n) is 4.69. The maximum atomic E-state index is 8.82. The molecule has 4 heteroatoms. The minimum atomic E-state index is -0.339. The molecule has 1 aromatic heterocycles. The Morgan fingerprint density at radius 1 is 0.900 bits per heavy atom. The van der Waals surface area contributed by atoms with Gasteiger partial charge in [0, 0.05) is 16.8 Å². The van der Waals surface area contributed by atoms with Gasteiger partial charge in [0.1, 0.15) is 16.9 Å². The average Bonchev–Trinajstić information content (AvgIpc) is 2.85. The van der Waals surface area contributed by atoms with Gasteiger partial charge in [-0.15, -0.1) is 0 Å². The van der Waals surface area contributed by atoms with E-state index in [4.69, 9.17) is 14.1 Å². The first-order chi connectivity index (χ1) is 9.86. The second kappa shape index (κ2) is 4.29. The molecule has 0 amide bonds. The molecule has 0 radical (unpaired) electrons. The fourth-order valence-corrected chi connectivity index (χ4v) is 2.69. The molecule has 0 aliphatic rings. The summed E-state index contributed by atoms with van der Waals surface area (Å²) in [6.45, 7) is 0. The Morgan fingerprint density at radius 2 is 1.80 bits per heavy atom. The molecule has 0 aliphatic heterocycles. The predicted octanol–water partition coefficient (Wildman–Crippen LogP) is 3.38. The highest BCUT2D eigenvalue weighted by molar-refractivity contribution is 6.19. The van der Waals surface area contributed by atoms with Gasteiger partial charge in [-0.05, 0) is 29.0 Å². The Labute approximate surface area is 115 Å². The average molecular weight is 262 g/mol. The molecule has 0 aliphatic carbocycles. The van der Waals surface area contributed by atoms with E-state index in [9.17, 15) is 0 Å². The SMILES string of the molecule is OBOc1ccc2c(c1)oc1ccc3ccccc3c12. The van der Waals surface area contributed by atoms with Crippen molar-refractivity contribution in [3.63, 3.8) is 0 Å². The molecule has 0 unspecified atom stereocenters. The summed E-state index contributed by atoms with van der Waals surface area (Å²) >= 11 is 0. The van der Waals surface area contributed by atoms with Crippen LogP contribution in [0.3, 0.4) is 0 Å². The lowest BCUT2D eigenvalue weighted by Crippen LogP contribution is -1.98. The fraction of sp³-hybridized carbons (Fsp3) is 0. The third kappa shape index (κ3) is 1.59. The third-order valence-electron chi connectivity index (χ3n) is 3.56. The first-order valence-electron chi connectivity index (χ1n) is 6.44. The van der Waals surface area contributed by atoms with Gasteiger partial charge in [-0.1, -0.05) is 30.3 Å². The lowest BCUT2D eigenvalue weighted by Gasteiger charge is -2.01. The summed E-state index contributed by atoms with van der Waals surface area (Å²) in [6.07, 6.45) is 0. The molecule has 0 atom stereocenters. The zero-order valence-corrected chi connectivity index (χ0v) is 10.7. The summed E-state index contributed by atoms with van der Waals surface area (Å²) in [5, 5.41) is 13.4. The number of hydrogen-bond donors (Lipinski definition) is 1. The minimum Gasteiger partial charge on any atom is -0.539 e. The minimum absolute atomic E-state index is 0.339. The Balaban J connectivity index is 2.12. The highest BCUT2D eigenvalue weighted by atomic mass is 16.5. The van der Waals surface area contributed by atoms with E-state index in [1.54, 1.807) is 6.07 Å². The predicted molar refractivity (Wildman–Crippen MR) is 81.2 cm³/mol. The summed E-state index contributed by atoms with van der Waals surface area (Å²) in [6, 6.07) is 17.9. The van der Waals surface area contributed by atoms with Crippen molar-refractivity contribution in [2.75, 3.05) is 0 Å². The van der Waals surface area contributed by atoms with Gasteiger partial charge < -0.3 is 14.1 Å². The van der Waals surface area contributed by atoms with Crippen molar-refractivity contribution in [1.29, 1.82) is 0 Å². The summed E-state index contributed by atoms with van der Waals surface area (Å²) in [5.41, 5.74) is 1.63. The molecule has 1 N–H and O–H groups in total. The van der Waals surface area contributed by atoms with Gasteiger partial charge in [-0.3, -0.25) is 0 Å². The van der Waals surface area contributed by atoms with Crippen LogP contribution in [0.15, 0.2) is 59.0 Å². The van der Waals surface area contributed by atoms with E-state index >= 15 is 0 Å². The molecule has 0 saturated heterocycles. The molecule has 96 valence electrons. The molecular formula is C16H11BO3. The number of fused-ring (bicyclic) bond motifs is 5. The van der Waals surface area contributed by atoms with Crippen molar-refractivity contribution in [3.8, 4) is 5.75 Å². The van der Waals surface area contributed by atoms with Gasteiger partial charge in [0.05, 0.1) is 0 Å². The van der Waals surface area contributed by atoms with Crippen molar-refractivity contribution in [2.24, 2.45) is 0 Å². The van der Waals surface area contributed by atoms with E-state index < -0.39 is 0 Å². The van der Waals surface area contributed by atoms with Crippen LogP contribution in [-0.2, 0) is 0 Å². The van der Waals surface area contributed by atoms with Crippen LogP contribution in [0.4, 0.5) is 0 Å². The van der Waals surface area contributed by atoms with Crippen LogP contribution in [0.2, 0.25) is 0 Å². The molecular weight excluding hydrogens is 251 g/mol. The number of furan rings is 1. The smallest absolute Gasteiger partial charge is 0.504 e. The Kier molecular flexibility index (Phi) is 2.44. The van der Waals surface area contributed by atoms with Crippen LogP contribution >= 0.6 is 0 Å². The molecule has 0 saturated carbocycles. The van der Waals surface area contributed by atoms with Gasteiger partial charge in [0.15, 0.2) is 0 Å². The van der Waals surface area contributed by atoms with Crippen molar-refractivity contribution < 1.29 is 14.1 Å². The van der Waals surface area contributed by atoms with E-state index in [2.05, 4.69) is 18.2 Å². The molecule has 20 heavy (non-hydrogen) atoms. The van der Waals surface area contributed by atoms with Crippen molar-refractivity contribution in [2.45, 2.75) is 0 Å². The quantitative estimate of drug-likeness (QED) is 0.563. The summed E-state index contributed by atoms with van der Waals surface area (Å²) in [4.78, 5) is 0. The largest absolute Gasteiger partial charge is 0.539 e. The zero-order chi connectivity index (χ0) is 13.5. The fourth-order valence-electron chi connectivity index (χ4n) is 2.69. The molecule has 0 bridgehead atoms. The first kappa shape index (κ1) is 11.4. The highest BCUT2D eigenvalue weighted by Gasteiger charge is 2.10. The molecule has 4 rings (SSSR count). The van der Waals surface area contributed by atoms with E-state index in [1.165, 1.54) is 10.8 Å². The Bertz CT molecular complexity index is 927. The summed E-state index contributed by atoms with van der Waals surface area (Å²) in [7, 11) is -0.339. The molecule has 4 aromatic rings. The number of hydrogen-bond acceptors (Lipinski definition) is 3. The lowest BCUT2D eigenvalue weighted by atomic mass is 10.0. The van der Waals surface area contributed by atoms with Gasteiger partial charge in [-0.2, -0.15) is 0 Å². The van der Waals surface area contributed by atoms with Crippen LogP contribution in [0, 0.1) is 0 Å². The van der Waals surface area contributed by atoms with Crippen molar-refractivity contribution in [1.82, 2.24) is 0 Å². The van der Waals surface area contributed by atoms with E-state index in [1.807, 2.05) is 30.3 Å². The van der Waals surface area contributed by atoms with E-state index in [-0.39, 0.29) is 7.69 Å². The topological polar surface area (TPSA) is 42.6 Å². The third-order valence-corrected chi connectivity index (χ3v) is 3.56. The van der Waals surface area contributed by atoms with Gasteiger partial charge in [-0.25, -0.2) is 0 Å². The van der Waals surface area contributed by atoms with Crippen LogP contribution in [0.25, 0.3) is 32.7 Å². The molecule has 3 nitrogen and oxygen atoms in total. The summed E-state index contributed by atoms with van der Waals surface area (Å²) in [5.74, 6) is 0.600. The van der Waals surface area contributed by atoms with Crippen LogP contribution in [-0.4, -0.2) is 12.7 Å². The van der Waals surface area contributed by atoms with E-state index in [0.29, 0.717) is 5.75 Å². The Morgan fingerprint density at radius 3 is 2.70 bits per heavy atom. The first-order valence-corrected chi connectivity index (χ1v) is 6.44. The van der Waals surface area contributed by atoms with Crippen LogP contribution in [0.1, 0.15) is 0 Å². The van der Waals surface area contributed by atoms with Gasteiger partial charge >= 0.3 is 7.69 Å². The van der Waals surface area contributed by atoms with Gasteiger partial charge in [0.25, 0.3) is 0 Å². The van der Waals surface area contributed by atoms with Crippen LogP contribution in [0.5, 0.6) is 5.75 Å². The van der Waals surface area contributed by atoms with Crippen molar-refractivity contribution >= 4 is 40.4 Å². The highest BCUT2D eigenvalue weighted by Crippen LogP contribution is 2.35. The monoisotopic (exact) mass is 262 g/mol. The molecule has 0 fully saturated rings. The maximum absolute atomic E-state index is 8.82. The second-order valence-corrected chi connectivity index (χ2v) is 4.69. The summed E-state index contributed by atoms with van der Waals surface area (Å²) < 4.78 is 11.0.